The molecule has 1 atom stereocenters. The maximum atomic E-state index is 11.9. The fourth-order valence-corrected chi connectivity index (χ4v) is 2.81. The zero-order chi connectivity index (χ0) is 20.8. The highest BCUT2D eigenvalue weighted by atomic mass is 16.2. The van der Waals surface area contributed by atoms with E-state index < -0.39 is 6.04 Å². The van der Waals surface area contributed by atoms with Gasteiger partial charge in [0.15, 0.2) is 5.82 Å². The fraction of sp³-hybridized carbons (Fsp3) is 0.286. The van der Waals surface area contributed by atoms with Gasteiger partial charge in [0.05, 0.1) is 6.04 Å². The number of nitrogens with zero attached hydrogens (tertiary/aromatic N) is 5. The molecular weight excluding hydrogens is 366 g/mol. The summed E-state index contributed by atoms with van der Waals surface area (Å²) in [4.78, 5) is 31.8. The Kier molecular flexibility index (Phi) is 6.46. The molecule has 0 unspecified atom stereocenters. The Morgan fingerprint density at radius 1 is 1.14 bits per heavy atom. The predicted octanol–water partition coefficient (Wildman–Crippen LogP) is 2.94. The van der Waals surface area contributed by atoms with E-state index in [-0.39, 0.29) is 11.9 Å². The lowest BCUT2D eigenvalue weighted by Crippen LogP contribution is -2.33. The molecule has 3 N–H and O–H groups in total. The molecule has 0 saturated heterocycles. The SMILES string of the molecule is CCc1cnc(-c2ccccc2)nc1N(CC)c1ccnc(NC(=O)[C@H](C)N)n1. The van der Waals surface area contributed by atoms with Crippen molar-refractivity contribution in [3.05, 3.63) is 54.4 Å². The summed E-state index contributed by atoms with van der Waals surface area (Å²) in [5.74, 6) is 1.93. The molecular formula is C21H25N7O. The van der Waals surface area contributed by atoms with E-state index in [1.807, 2.05) is 48.4 Å². The topological polar surface area (TPSA) is 110 Å². The maximum absolute atomic E-state index is 11.9. The standard InChI is InChI=1S/C21H25N7O/c1-4-15-13-24-18(16-9-7-6-8-10-16)26-19(15)28(5-2)17-11-12-23-21(25-17)27-20(29)14(3)22/h6-14H,4-5,22H2,1-3H3,(H,23,25,27,29)/t14-/m0/s1. The third-order valence-electron chi connectivity index (χ3n) is 4.39. The first kappa shape index (κ1) is 20.3. The number of benzene rings is 1. The Morgan fingerprint density at radius 2 is 1.90 bits per heavy atom. The van der Waals surface area contributed by atoms with Crippen LogP contribution in [0.3, 0.4) is 0 Å². The van der Waals surface area contributed by atoms with Crippen LogP contribution in [0.15, 0.2) is 48.8 Å². The molecule has 0 aliphatic heterocycles. The van der Waals surface area contributed by atoms with Crippen LogP contribution in [0.4, 0.5) is 17.6 Å². The van der Waals surface area contributed by atoms with Gasteiger partial charge >= 0.3 is 0 Å². The second-order valence-electron chi connectivity index (χ2n) is 6.52. The van der Waals surface area contributed by atoms with Crippen LogP contribution in [0.5, 0.6) is 0 Å². The van der Waals surface area contributed by atoms with Gasteiger partial charge in [0.2, 0.25) is 11.9 Å². The lowest BCUT2D eigenvalue weighted by molar-refractivity contribution is -0.117. The van der Waals surface area contributed by atoms with Crippen LogP contribution < -0.4 is 16.0 Å². The van der Waals surface area contributed by atoms with Crippen LogP contribution in [0.1, 0.15) is 26.3 Å². The van der Waals surface area contributed by atoms with E-state index >= 15 is 0 Å². The summed E-state index contributed by atoms with van der Waals surface area (Å²) in [6.45, 7) is 6.32. The Hall–Kier alpha value is -3.39. The van der Waals surface area contributed by atoms with Crippen LogP contribution >= 0.6 is 0 Å². The zero-order valence-corrected chi connectivity index (χ0v) is 16.8. The molecule has 1 amide bonds. The number of aromatic nitrogens is 4. The molecule has 0 aliphatic carbocycles. The number of amides is 1. The molecule has 1 aromatic carbocycles. The zero-order valence-electron chi connectivity index (χ0n) is 16.8. The fourth-order valence-electron chi connectivity index (χ4n) is 2.81. The van der Waals surface area contributed by atoms with E-state index in [0.717, 1.165) is 23.4 Å². The van der Waals surface area contributed by atoms with Crippen LogP contribution in [-0.2, 0) is 11.2 Å². The summed E-state index contributed by atoms with van der Waals surface area (Å²) in [7, 11) is 0. The van der Waals surface area contributed by atoms with Gasteiger partial charge in [0, 0.05) is 30.1 Å². The molecule has 0 fully saturated rings. The van der Waals surface area contributed by atoms with Gasteiger partial charge in [-0.3, -0.25) is 10.1 Å². The highest BCUT2D eigenvalue weighted by Gasteiger charge is 2.18. The average Bonchev–Trinajstić information content (AvgIpc) is 2.75. The van der Waals surface area contributed by atoms with Gasteiger partial charge in [0.25, 0.3) is 0 Å². The van der Waals surface area contributed by atoms with Crippen molar-refractivity contribution in [2.75, 3.05) is 16.8 Å². The van der Waals surface area contributed by atoms with Crippen molar-refractivity contribution >= 4 is 23.5 Å². The van der Waals surface area contributed by atoms with E-state index in [1.54, 1.807) is 19.2 Å². The third-order valence-corrected chi connectivity index (χ3v) is 4.39. The Labute approximate surface area is 170 Å². The van der Waals surface area contributed by atoms with Crippen molar-refractivity contribution < 1.29 is 4.79 Å². The second kappa shape index (κ2) is 9.20. The number of nitrogens with two attached hydrogens (primary N) is 1. The quantitative estimate of drug-likeness (QED) is 0.637. The van der Waals surface area contributed by atoms with Crippen molar-refractivity contribution in [3.8, 4) is 11.4 Å². The summed E-state index contributed by atoms with van der Waals surface area (Å²) < 4.78 is 0. The number of aryl methyl sites for hydroxylation is 1. The first-order valence-electron chi connectivity index (χ1n) is 9.61. The number of hydrogen-bond donors (Lipinski definition) is 2. The molecule has 3 rings (SSSR count). The average molecular weight is 391 g/mol. The highest BCUT2D eigenvalue weighted by Crippen LogP contribution is 2.28. The molecule has 0 aliphatic rings. The van der Waals surface area contributed by atoms with Crippen molar-refractivity contribution in [3.63, 3.8) is 0 Å². The lowest BCUT2D eigenvalue weighted by atomic mass is 10.2. The summed E-state index contributed by atoms with van der Waals surface area (Å²) in [6, 6.07) is 11.0. The van der Waals surface area contributed by atoms with Crippen molar-refractivity contribution in [1.29, 1.82) is 0 Å². The molecule has 0 radical (unpaired) electrons. The molecule has 150 valence electrons. The summed E-state index contributed by atoms with van der Waals surface area (Å²) in [6.07, 6.45) is 4.24. The van der Waals surface area contributed by atoms with Crippen LogP contribution in [0.2, 0.25) is 0 Å². The predicted molar refractivity (Wildman–Crippen MR) is 114 cm³/mol. The normalized spacial score (nSPS) is 11.7. The van der Waals surface area contributed by atoms with E-state index in [2.05, 4.69) is 27.2 Å². The minimum Gasteiger partial charge on any atom is -0.320 e. The first-order chi connectivity index (χ1) is 14.0. The minimum absolute atomic E-state index is 0.207. The van der Waals surface area contributed by atoms with E-state index in [0.29, 0.717) is 18.2 Å². The smallest absolute Gasteiger partial charge is 0.243 e. The molecule has 29 heavy (non-hydrogen) atoms. The molecule has 8 heteroatoms. The summed E-state index contributed by atoms with van der Waals surface area (Å²) in [5, 5.41) is 2.63. The van der Waals surface area contributed by atoms with Gasteiger partial charge in [-0.05, 0) is 26.3 Å². The van der Waals surface area contributed by atoms with Crippen molar-refractivity contribution in [1.82, 2.24) is 19.9 Å². The van der Waals surface area contributed by atoms with Gasteiger partial charge in [-0.2, -0.15) is 4.98 Å². The van der Waals surface area contributed by atoms with Gasteiger partial charge in [0.1, 0.15) is 11.6 Å². The van der Waals surface area contributed by atoms with Crippen LogP contribution in [0.25, 0.3) is 11.4 Å². The van der Waals surface area contributed by atoms with Crippen LogP contribution in [-0.4, -0.2) is 38.4 Å². The van der Waals surface area contributed by atoms with Gasteiger partial charge in [-0.25, -0.2) is 15.0 Å². The largest absolute Gasteiger partial charge is 0.320 e. The number of carbonyl (C=O) groups excluding carboxylic acids is 1. The minimum atomic E-state index is -0.647. The number of carbonyl (C=O) groups is 1. The number of nitrogens with one attached hydrogen (secondary N) is 1. The Balaban J connectivity index is 2.00. The first-order valence-corrected chi connectivity index (χ1v) is 9.61. The van der Waals surface area contributed by atoms with E-state index in [9.17, 15) is 4.79 Å². The monoisotopic (exact) mass is 391 g/mol. The molecule has 0 spiro atoms. The lowest BCUT2D eigenvalue weighted by Gasteiger charge is -2.24. The molecule has 2 aromatic heterocycles. The maximum Gasteiger partial charge on any atom is 0.243 e. The Bertz CT molecular complexity index is 976. The summed E-state index contributed by atoms with van der Waals surface area (Å²) >= 11 is 0. The second-order valence-corrected chi connectivity index (χ2v) is 6.52. The third kappa shape index (κ3) is 4.72. The molecule has 3 aromatic rings. The molecule has 8 nitrogen and oxygen atoms in total. The Morgan fingerprint density at radius 3 is 2.55 bits per heavy atom. The van der Waals surface area contributed by atoms with Gasteiger partial charge in [-0.15, -0.1) is 0 Å². The van der Waals surface area contributed by atoms with Crippen LogP contribution in [0, 0.1) is 0 Å². The van der Waals surface area contributed by atoms with Crippen molar-refractivity contribution in [2.24, 2.45) is 5.73 Å². The van der Waals surface area contributed by atoms with E-state index in [4.69, 9.17) is 10.7 Å². The number of anilines is 3. The highest BCUT2D eigenvalue weighted by molar-refractivity contribution is 5.93. The summed E-state index contributed by atoms with van der Waals surface area (Å²) in [5.41, 5.74) is 7.56. The molecule has 0 saturated carbocycles. The van der Waals surface area contributed by atoms with Gasteiger partial charge < -0.3 is 10.6 Å². The van der Waals surface area contributed by atoms with E-state index in [1.165, 1.54) is 0 Å². The molecule has 0 bridgehead atoms. The van der Waals surface area contributed by atoms with Gasteiger partial charge in [-0.1, -0.05) is 37.3 Å². The number of hydrogen-bond acceptors (Lipinski definition) is 7. The van der Waals surface area contributed by atoms with Crippen molar-refractivity contribution in [2.45, 2.75) is 33.2 Å². The number of rotatable bonds is 7. The molecule has 2 heterocycles.